The van der Waals surface area contributed by atoms with Gasteiger partial charge >= 0.3 is 0 Å². The summed E-state index contributed by atoms with van der Waals surface area (Å²) < 4.78 is 28.0. The van der Waals surface area contributed by atoms with E-state index in [-0.39, 0.29) is 11.8 Å². The van der Waals surface area contributed by atoms with Crippen molar-refractivity contribution in [3.05, 3.63) is 28.8 Å². The van der Waals surface area contributed by atoms with Crippen LogP contribution in [0.1, 0.15) is 42.9 Å². The van der Waals surface area contributed by atoms with Crippen molar-refractivity contribution in [2.45, 2.75) is 51.9 Å². The number of hydrogen-bond donors (Lipinski definition) is 1. The molecule has 1 aromatic carbocycles. The number of amides is 1. The van der Waals surface area contributed by atoms with Gasteiger partial charge in [0.15, 0.2) is 0 Å². The summed E-state index contributed by atoms with van der Waals surface area (Å²) in [4.78, 5) is 18.0. The molecule has 0 saturated carbocycles. The van der Waals surface area contributed by atoms with Crippen molar-refractivity contribution in [2.24, 2.45) is 5.92 Å². The van der Waals surface area contributed by atoms with Gasteiger partial charge in [0.2, 0.25) is 15.9 Å². The van der Waals surface area contributed by atoms with Gasteiger partial charge in [0.05, 0.1) is 4.90 Å². The molecule has 2 fully saturated rings. The van der Waals surface area contributed by atoms with Crippen LogP contribution in [0, 0.1) is 26.7 Å². The van der Waals surface area contributed by atoms with Crippen LogP contribution in [0.4, 0.5) is 0 Å². The number of aryl methyl sites for hydroxylation is 3. The SMILES string of the molecule is CCN1CCN(CCCNC(=O)C2CCN(S(=O)(=O)c3c(C)cc(C)cc3C)CC2)CC1. The molecule has 0 unspecified atom stereocenters. The Balaban J connectivity index is 1.43. The van der Waals surface area contributed by atoms with Crippen LogP contribution in [0.3, 0.4) is 0 Å². The number of rotatable bonds is 8. The fourth-order valence-electron chi connectivity index (χ4n) is 5.05. The molecule has 1 amide bonds. The van der Waals surface area contributed by atoms with Crippen molar-refractivity contribution in [3.63, 3.8) is 0 Å². The van der Waals surface area contributed by atoms with E-state index in [9.17, 15) is 13.2 Å². The highest BCUT2D eigenvalue weighted by molar-refractivity contribution is 7.89. The lowest BCUT2D eigenvalue weighted by Crippen LogP contribution is -2.47. The number of benzene rings is 1. The molecule has 2 aliphatic rings. The van der Waals surface area contributed by atoms with Crippen LogP contribution in [-0.2, 0) is 14.8 Å². The van der Waals surface area contributed by atoms with Gasteiger partial charge in [-0.3, -0.25) is 4.79 Å². The summed E-state index contributed by atoms with van der Waals surface area (Å²) in [7, 11) is -3.54. The Bertz CT molecular complexity index is 864. The summed E-state index contributed by atoms with van der Waals surface area (Å²) in [6.45, 7) is 16.0. The summed E-state index contributed by atoms with van der Waals surface area (Å²) in [6, 6.07) is 3.84. The van der Waals surface area contributed by atoms with Gasteiger partial charge in [-0.1, -0.05) is 24.6 Å². The minimum Gasteiger partial charge on any atom is -0.356 e. The number of carbonyl (C=O) groups excluding carboxylic acids is 1. The van der Waals surface area contributed by atoms with E-state index in [4.69, 9.17) is 0 Å². The molecule has 0 aliphatic carbocycles. The number of likely N-dealkylation sites (N-methyl/N-ethyl adjacent to an activating group) is 1. The third-order valence-electron chi connectivity index (χ3n) is 6.89. The molecule has 1 aromatic rings. The zero-order valence-corrected chi connectivity index (χ0v) is 21.0. The average Bonchev–Trinajstić information content (AvgIpc) is 2.76. The highest BCUT2D eigenvalue weighted by atomic mass is 32.2. The lowest BCUT2D eigenvalue weighted by atomic mass is 9.97. The molecule has 8 heteroatoms. The largest absolute Gasteiger partial charge is 0.356 e. The van der Waals surface area contributed by atoms with Crippen molar-refractivity contribution in [1.82, 2.24) is 19.4 Å². The Labute approximate surface area is 194 Å². The summed E-state index contributed by atoms with van der Waals surface area (Å²) >= 11 is 0. The molecule has 2 saturated heterocycles. The summed E-state index contributed by atoms with van der Waals surface area (Å²) in [5, 5.41) is 3.08. The quantitative estimate of drug-likeness (QED) is 0.597. The molecular formula is C24H40N4O3S. The van der Waals surface area contributed by atoms with E-state index < -0.39 is 10.0 Å². The lowest BCUT2D eigenvalue weighted by molar-refractivity contribution is -0.126. The van der Waals surface area contributed by atoms with Crippen LogP contribution in [0.15, 0.2) is 17.0 Å². The second-order valence-corrected chi connectivity index (χ2v) is 11.2. The third kappa shape index (κ3) is 6.10. The molecule has 180 valence electrons. The Kier molecular flexibility index (Phi) is 8.72. The molecule has 0 atom stereocenters. The first kappa shape index (κ1) is 25.1. The topological polar surface area (TPSA) is 73.0 Å². The second-order valence-electron chi connectivity index (χ2n) is 9.33. The summed E-state index contributed by atoms with van der Waals surface area (Å²) in [6.07, 6.45) is 2.11. The first-order valence-corrected chi connectivity index (χ1v) is 13.5. The fourth-order valence-corrected chi connectivity index (χ4v) is 6.93. The molecule has 2 aliphatic heterocycles. The van der Waals surface area contributed by atoms with E-state index in [2.05, 4.69) is 22.0 Å². The zero-order valence-electron chi connectivity index (χ0n) is 20.2. The monoisotopic (exact) mass is 464 g/mol. The van der Waals surface area contributed by atoms with E-state index in [0.717, 1.165) is 62.4 Å². The number of sulfonamides is 1. The van der Waals surface area contributed by atoms with E-state index in [0.29, 0.717) is 37.4 Å². The van der Waals surface area contributed by atoms with E-state index in [1.54, 1.807) is 4.31 Å². The molecule has 3 rings (SSSR count). The standard InChI is InChI=1S/C24H40N4O3S/c1-5-26-13-15-27(16-14-26)10-6-9-25-24(29)22-7-11-28(12-8-22)32(30,31)23-20(3)17-19(2)18-21(23)4/h17-18,22H,5-16H2,1-4H3,(H,25,29). The molecule has 32 heavy (non-hydrogen) atoms. The maximum Gasteiger partial charge on any atom is 0.243 e. The second kappa shape index (κ2) is 11.1. The minimum absolute atomic E-state index is 0.0700. The van der Waals surface area contributed by atoms with E-state index in [1.807, 2.05) is 32.9 Å². The van der Waals surface area contributed by atoms with Crippen molar-refractivity contribution in [1.29, 1.82) is 0 Å². The van der Waals surface area contributed by atoms with E-state index in [1.165, 1.54) is 0 Å². The maximum absolute atomic E-state index is 13.2. The number of hydrogen-bond acceptors (Lipinski definition) is 5. The molecular weight excluding hydrogens is 424 g/mol. The molecule has 2 heterocycles. The predicted octanol–water partition coefficient (Wildman–Crippen LogP) is 2.16. The van der Waals surface area contributed by atoms with Crippen molar-refractivity contribution in [3.8, 4) is 0 Å². The molecule has 0 aromatic heterocycles. The number of carbonyl (C=O) groups is 1. The smallest absolute Gasteiger partial charge is 0.243 e. The van der Waals surface area contributed by atoms with Gasteiger partial charge in [0.1, 0.15) is 0 Å². The number of nitrogens with one attached hydrogen (secondary N) is 1. The highest BCUT2D eigenvalue weighted by Crippen LogP contribution is 2.28. The number of piperidine rings is 1. The molecule has 0 radical (unpaired) electrons. The summed E-state index contributed by atoms with van der Waals surface area (Å²) in [5.41, 5.74) is 2.65. The van der Waals surface area contributed by atoms with Crippen LogP contribution in [0.25, 0.3) is 0 Å². The zero-order chi connectivity index (χ0) is 23.3. The molecule has 1 N–H and O–H groups in total. The first-order valence-electron chi connectivity index (χ1n) is 12.0. The van der Waals surface area contributed by atoms with Crippen molar-refractivity contribution >= 4 is 15.9 Å². The van der Waals surface area contributed by atoms with Crippen LogP contribution in [-0.4, -0.2) is 87.3 Å². The van der Waals surface area contributed by atoms with Crippen LogP contribution < -0.4 is 5.32 Å². The van der Waals surface area contributed by atoms with Gasteiger partial charge in [0.25, 0.3) is 0 Å². The molecule has 0 spiro atoms. The van der Waals surface area contributed by atoms with Gasteiger partial charge < -0.3 is 15.1 Å². The minimum atomic E-state index is -3.54. The molecule has 7 nitrogen and oxygen atoms in total. The average molecular weight is 465 g/mol. The van der Waals surface area contributed by atoms with Gasteiger partial charge in [0, 0.05) is 51.7 Å². The van der Waals surface area contributed by atoms with Crippen LogP contribution in [0.5, 0.6) is 0 Å². The highest BCUT2D eigenvalue weighted by Gasteiger charge is 2.33. The van der Waals surface area contributed by atoms with Crippen LogP contribution in [0.2, 0.25) is 0 Å². The predicted molar refractivity (Wildman–Crippen MR) is 128 cm³/mol. The summed E-state index contributed by atoms with van der Waals surface area (Å²) in [5.74, 6) is -0.0321. The number of piperazine rings is 1. The van der Waals surface area contributed by atoms with Crippen molar-refractivity contribution < 1.29 is 13.2 Å². The van der Waals surface area contributed by atoms with Gasteiger partial charge in [-0.15, -0.1) is 0 Å². The Morgan fingerprint density at radius 3 is 2.09 bits per heavy atom. The normalized spacial score (nSPS) is 19.9. The Morgan fingerprint density at radius 2 is 1.53 bits per heavy atom. The Morgan fingerprint density at radius 1 is 0.969 bits per heavy atom. The Hall–Kier alpha value is -1.48. The first-order chi connectivity index (χ1) is 15.2. The number of nitrogens with zero attached hydrogens (tertiary/aromatic N) is 3. The lowest BCUT2D eigenvalue weighted by Gasteiger charge is -2.34. The van der Waals surface area contributed by atoms with Crippen LogP contribution >= 0.6 is 0 Å². The maximum atomic E-state index is 13.2. The van der Waals surface area contributed by atoms with Crippen molar-refractivity contribution in [2.75, 3.05) is 58.9 Å². The van der Waals surface area contributed by atoms with Gasteiger partial charge in [-0.2, -0.15) is 4.31 Å². The third-order valence-corrected chi connectivity index (χ3v) is 9.09. The van der Waals surface area contributed by atoms with Gasteiger partial charge in [-0.25, -0.2) is 8.42 Å². The molecule has 0 bridgehead atoms. The van der Waals surface area contributed by atoms with Gasteiger partial charge in [-0.05, 0) is 64.3 Å². The van der Waals surface area contributed by atoms with E-state index >= 15 is 0 Å². The fraction of sp³-hybridized carbons (Fsp3) is 0.708.